The number of methoxy groups -OCH3 is 1. The molecule has 2 aromatic rings. The van der Waals surface area contributed by atoms with Crippen molar-refractivity contribution in [2.75, 3.05) is 32.2 Å². The van der Waals surface area contributed by atoms with Crippen LogP contribution in [0.15, 0.2) is 41.3 Å². The third kappa shape index (κ3) is 6.43. The third-order valence-corrected chi connectivity index (χ3v) is 5.93. The molecule has 0 saturated heterocycles. The molecule has 29 heavy (non-hydrogen) atoms. The fourth-order valence-corrected chi connectivity index (χ4v) is 3.99. The van der Waals surface area contributed by atoms with E-state index in [9.17, 15) is 13.2 Å². The molecule has 0 spiro atoms. The lowest BCUT2D eigenvalue weighted by molar-refractivity contribution is -0.118. The quantitative estimate of drug-likeness (QED) is 0.553. The van der Waals surface area contributed by atoms with Gasteiger partial charge in [-0.15, -0.1) is 0 Å². The van der Waals surface area contributed by atoms with Crippen molar-refractivity contribution in [3.63, 3.8) is 0 Å². The normalized spacial score (nSPS) is 11.3. The monoisotopic (exact) mass is 440 g/mol. The molecule has 0 radical (unpaired) electrons. The summed E-state index contributed by atoms with van der Waals surface area (Å²) in [4.78, 5) is 12.3. The molecule has 0 unspecified atom stereocenters. The zero-order valence-corrected chi connectivity index (χ0v) is 18.2. The average Bonchev–Trinajstić information content (AvgIpc) is 2.68. The number of carbonyl (C=O) groups is 1. The Hall–Kier alpha value is -2.13. The van der Waals surface area contributed by atoms with Gasteiger partial charge in [0, 0.05) is 19.3 Å². The van der Waals surface area contributed by atoms with Crippen molar-refractivity contribution in [1.82, 2.24) is 4.72 Å². The van der Waals surface area contributed by atoms with Crippen molar-refractivity contribution >= 4 is 33.2 Å². The van der Waals surface area contributed by atoms with Gasteiger partial charge in [-0.3, -0.25) is 4.79 Å². The van der Waals surface area contributed by atoms with E-state index < -0.39 is 10.0 Å². The molecule has 0 bridgehead atoms. The number of hydrogen-bond acceptors (Lipinski definition) is 5. The summed E-state index contributed by atoms with van der Waals surface area (Å²) in [7, 11) is -2.22. The number of hydrogen-bond donors (Lipinski definition) is 2. The molecule has 2 aromatic carbocycles. The van der Waals surface area contributed by atoms with E-state index in [1.54, 1.807) is 0 Å². The van der Waals surface area contributed by atoms with E-state index in [-0.39, 0.29) is 41.3 Å². The fourth-order valence-electron chi connectivity index (χ4n) is 2.65. The summed E-state index contributed by atoms with van der Waals surface area (Å²) < 4.78 is 37.1. The summed E-state index contributed by atoms with van der Waals surface area (Å²) in [5.41, 5.74) is 2.77. The van der Waals surface area contributed by atoms with Crippen LogP contribution in [0.1, 0.15) is 18.1 Å². The van der Waals surface area contributed by atoms with Gasteiger partial charge in [-0.1, -0.05) is 36.7 Å². The molecule has 0 atom stereocenters. The van der Waals surface area contributed by atoms with E-state index in [0.717, 1.165) is 23.2 Å². The van der Waals surface area contributed by atoms with Crippen LogP contribution in [-0.2, 0) is 26.0 Å². The molecule has 0 aliphatic carbocycles. The highest BCUT2D eigenvalue weighted by Crippen LogP contribution is 2.27. The van der Waals surface area contributed by atoms with Gasteiger partial charge in [0.15, 0.2) is 6.61 Å². The van der Waals surface area contributed by atoms with Crippen LogP contribution in [0.5, 0.6) is 5.75 Å². The number of nitrogens with one attached hydrogen (secondary N) is 2. The van der Waals surface area contributed by atoms with Crippen molar-refractivity contribution in [3.8, 4) is 5.75 Å². The maximum atomic E-state index is 12.3. The van der Waals surface area contributed by atoms with Crippen LogP contribution < -0.4 is 14.8 Å². The van der Waals surface area contributed by atoms with Gasteiger partial charge in [-0.2, -0.15) is 0 Å². The highest BCUT2D eigenvalue weighted by Gasteiger charge is 2.16. The van der Waals surface area contributed by atoms with E-state index in [0.29, 0.717) is 0 Å². The molecule has 1 amide bonds. The molecule has 7 nitrogen and oxygen atoms in total. The fraction of sp³-hybridized carbons (Fsp3) is 0.350. The summed E-state index contributed by atoms with van der Waals surface area (Å²) in [5, 5.41) is 2.95. The molecule has 0 aromatic heterocycles. The van der Waals surface area contributed by atoms with E-state index in [1.807, 2.05) is 32.0 Å². The van der Waals surface area contributed by atoms with Crippen LogP contribution in [0.25, 0.3) is 0 Å². The lowest BCUT2D eigenvalue weighted by Crippen LogP contribution is -2.27. The number of rotatable bonds is 10. The lowest BCUT2D eigenvalue weighted by Gasteiger charge is -2.14. The van der Waals surface area contributed by atoms with Crippen LogP contribution in [0, 0.1) is 6.92 Å². The molecule has 0 saturated carbocycles. The van der Waals surface area contributed by atoms with Gasteiger partial charge >= 0.3 is 0 Å². The number of carbonyl (C=O) groups excluding carboxylic acids is 1. The number of benzene rings is 2. The standard InChI is InChI=1S/C20H25ClN2O5S/c1-4-15-7-5-6-14(2)20(15)23-19(24)13-28-18-9-8-16(12-17(18)21)29(25,26)22-10-11-27-3/h5-9,12,22H,4,10-11,13H2,1-3H3,(H,23,24). The number of halogens is 1. The number of anilines is 1. The number of ether oxygens (including phenoxy) is 2. The number of para-hydroxylation sites is 1. The van der Waals surface area contributed by atoms with Gasteiger partial charge in [0.1, 0.15) is 5.75 Å². The Labute approximate surface area is 176 Å². The van der Waals surface area contributed by atoms with Crippen molar-refractivity contribution in [2.24, 2.45) is 0 Å². The van der Waals surface area contributed by atoms with Gasteiger partial charge in [0.05, 0.1) is 16.5 Å². The Balaban J connectivity index is 2.02. The first-order valence-electron chi connectivity index (χ1n) is 9.07. The van der Waals surface area contributed by atoms with E-state index in [2.05, 4.69) is 10.0 Å². The summed E-state index contributed by atoms with van der Waals surface area (Å²) in [6.45, 7) is 4.08. The van der Waals surface area contributed by atoms with Crippen LogP contribution >= 0.6 is 11.6 Å². The van der Waals surface area contributed by atoms with Crippen LogP contribution in [0.4, 0.5) is 5.69 Å². The molecule has 158 valence electrons. The molecule has 2 rings (SSSR count). The minimum Gasteiger partial charge on any atom is -0.482 e. The van der Waals surface area contributed by atoms with Crippen LogP contribution in [-0.4, -0.2) is 41.2 Å². The summed E-state index contributed by atoms with van der Waals surface area (Å²) in [5.74, 6) is -0.110. The molecule has 9 heteroatoms. The second-order valence-electron chi connectivity index (χ2n) is 6.28. The first-order chi connectivity index (χ1) is 13.8. The van der Waals surface area contributed by atoms with Gasteiger partial charge in [-0.25, -0.2) is 13.1 Å². The Kier molecular flexibility index (Phi) is 8.45. The first-order valence-corrected chi connectivity index (χ1v) is 10.9. The highest BCUT2D eigenvalue weighted by atomic mass is 35.5. The number of sulfonamides is 1. The topological polar surface area (TPSA) is 93.7 Å². The molecule has 0 heterocycles. The maximum Gasteiger partial charge on any atom is 0.262 e. The van der Waals surface area contributed by atoms with Crippen LogP contribution in [0.2, 0.25) is 5.02 Å². The third-order valence-electron chi connectivity index (χ3n) is 4.18. The molecular weight excluding hydrogens is 416 g/mol. The van der Waals surface area contributed by atoms with Crippen molar-refractivity contribution in [3.05, 3.63) is 52.5 Å². The van der Waals surface area contributed by atoms with Gasteiger partial charge in [0.2, 0.25) is 10.0 Å². The summed E-state index contributed by atoms with van der Waals surface area (Å²) in [6, 6.07) is 9.89. The van der Waals surface area contributed by atoms with E-state index >= 15 is 0 Å². The van der Waals surface area contributed by atoms with Gasteiger partial charge < -0.3 is 14.8 Å². The summed E-state index contributed by atoms with van der Waals surface area (Å²) >= 11 is 6.14. The lowest BCUT2D eigenvalue weighted by atomic mass is 10.1. The molecular formula is C20H25ClN2O5S. The maximum absolute atomic E-state index is 12.3. The molecule has 0 aliphatic heterocycles. The van der Waals surface area contributed by atoms with Crippen molar-refractivity contribution in [1.29, 1.82) is 0 Å². The second-order valence-corrected chi connectivity index (χ2v) is 8.46. The smallest absolute Gasteiger partial charge is 0.262 e. The zero-order valence-electron chi connectivity index (χ0n) is 16.6. The van der Waals surface area contributed by atoms with Gasteiger partial charge in [-0.05, 0) is 42.7 Å². The van der Waals surface area contributed by atoms with Crippen LogP contribution in [0.3, 0.4) is 0 Å². The Morgan fingerprint density at radius 3 is 2.62 bits per heavy atom. The Morgan fingerprint density at radius 1 is 1.21 bits per heavy atom. The number of amides is 1. The SMILES string of the molecule is CCc1cccc(C)c1NC(=O)COc1ccc(S(=O)(=O)NCCOC)cc1Cl. The number of aryl methyl sites for hydroxylation is 2. The van der Waals surface area contributed by atoms with E-state index in [4.69, 9.17) is 21.1 Å². The summed E-state index contributed by atoms with van der Waals surface area (Å²) in [6.07, 6.45) is 0.790. The molecule has 0 fully saturated rings. The molecule has 2 N–H and O–H groups in total. The zero-order chi connectivity index (χ0) is 21.4. The Bertz CT molecular complexity index is 963. The van der Waals surface area contributed by atoms with Crippen molar-refractivity contribution in [2.45, 2.75) is 25.2 Å². The first kappa shape index (κ1) is 23.2. The predicted octanol–water partition coefficient (Wildman–Crippen LogP) is 3.15. The highest BCUT2D eigenvalue weighted by molar-refractivity contribution is 7.89. The van der Waals surface area contributed by atoms with Crippen molar-refractivity contribution < 1.29 is 22.7 Å². The Morgan fingerprint density at radius 2 is 1.97 bits per heavy atom. The second kappa shape index (κ2) is 10.6. The molecule has 0 aliphatic rings. The minimum atomic E-state index is -3.71. The van der Waals surface area contributed by atoms with Gasteiger partial charge in [0.25, 0.3) is 5.91 Å². The average molecular weight is 441 g/mol. The van der Waals surface area contributed by atoms with E-state index in [1.165, 1.54) is 25.3 Å². The largest absolute Gasteiger partial charge is 0.482 e. The predicted molar refractivity (Wildman–Crippen MR) is 113 cm³/mol. The minimum absolute atomic E-state index is 0.00269.